The highest BCUT2D eigenvalue weighted by Gasteiger charge is 2.42. The summed E-state index contributed by atoms with van der Waals surface area (Å²) in [5, 5.41) is 0. The van der Waals surface area contributed by atoms with E-state index in [1.807, 2.05) is 0 Å². The molecule has 0 aromatic heterocycles. The number of rotatable bonds is 0. The lowest BCUT2D eigenvalue weighted by Crippen LogP contribution is -2.52. The second-order valence-corrected chi connectivity index (χ2v) is 6.08. The molecule has 2 heteroatoms. The van der Waals surface area contributed by atoms with Crippen LogP contribution in [0.15, 0.2) is 0 Å². The van der Waals surface area contributed by atoms with Crippen LogP contribution in [0, 0.1) is 0 Å². The molecular formula is C10H19NS. The Bertz CT molecular complexity index is 157. The van der Waals surface area contributed by atoms with Crippen LogP contribution in [0.4, 0.5) is 0 Å². The summed E-state index contributed by atoms with van der Waals surface area (Å²) in [6.07, 6.45) is 2.88. The molecule has 0 saturated carbocycles. The molecule has 0 aromatic rings. The first-order valence-electron chi connectivity index (χ1n) is 4.95. The molecule has 2 bridgehead atoms. The fourth-order valence-electron chi connectivity index (χ4n) is 2.72. The van der Waals surface area contributed by atoms with E-state index >= 15 is 0 Å². The van der Waals surface area contributed by atoms with E-state index in [0.29, 0.717) is 5.54 Å². The molecule has 2 aliphatic heterocycles. The zero-order valence-electron chi connectivity index (χ0n) is 8.34. The predicted octanol–water partition coefficient (Wildman–Crippen LogP) is 2.36. The highest BCUT2D eigenvalue weighted by atomic mass is 32.2. The quantitative estimate of drug-likeness (QED) is 0.570. The molecule has 2 atom stereocenters. The van der Waals surface area contributed by atoms with Gasteiger partial charge in [0.15, 0.2) is 0 Å². The Morgan fingerprint density at radius 3 is 1.92 bits per heavy atom. The van der Waals surface area contributed by atoms with Crippen molar-refractivity contribution < 1.29 is 0 Å². The van der Waals surface area contributed by atoms with Crippen LogP contribution in [-0.2, 0) is 0 Å². The summed E-state index contributed by atoms with van der Waals surface area (Å²) in [6, 6.07) is 1.77. The highest BCUT2D eigenvalue weighted by Crippen LogP contribution is 2.38. The Balaban J connectivity index is 2.15. The zero-order valence-corrected chi connectivity index (χ0v) is 9.16. The molecule has 2 aliphatic rings. The third kappa shape index (κ3) is 1.39. The molecule has 1 nitrogen and oxygen atoms in total. The third-order valence-corrected chi connectivity index (χ3v) is 4.26. The third-order valence-electron chi connectivity index (χ3n) is 3.01. The van der Waals surface area contributed by atoms with Crippen LogP contribution in [0.5, 0.6) is 0 Å². The standard InChI is InChI=1S/C10H19NS/c1-10(2,3)11-8-4-5-9(11)7-12-6-8/h8-9H,4-7H2,1-3H3. The lowest BCUT2D eigenvalue weighted by atomic mass is 10.0. The molecule has 2 rings (SSSR count). The maximum Gasteiger partial charge on any atom is 0.0195 e. The van der Waals surface area contributed by atoms with E-state index in [0.717, 1.165) is 12.1 Å². The Hall–Kier alpha value is 0.310. The van der Waals surface area contributed by atoms with Crippen molar-refractivity contribution in [3.63, 3.8) is 0 Å². The van der Waals surface area contributed by atoms with Gasteiger partial charge in [-0.15, -0.1) is 0 Å². The van der Waals surface area contributed by atoms with Gasteiger partial charge in [0.1, 0.15) is 0 Å². The minimum absolute atomic E-state index is 0.396. The van der Waals surface area contributed by atoms with Crippen molar-refractivity contribution in [3.05, 3.63) is 0 Å². The van der Waals surface area contributed by atoms with Crippen LogP contribution < -0.4 is 0 Å². The van der Waals surface area contributed by atoms with Gasteiger partial charge in [0.25, 0.3) is 0 Å². The van der Waals surface area contributed by atoms with Crippen LogP contribution in [0.1, 0.15) is 33.6 Å². The molecule has 0 amide bonds. The van der Waals surface area contributed by atoms with Crippen LogP contribution in [0.2, 0.25) is 0 Å². The monoisotopic (exact) mass is 185 g/mol. The van der Waals surface area contributed by atoms with Crippen LogP contribution >= 0.6 is 11.8 Å². The van der Waals surface area contributed by atoms with Crippen molar-refractivity contribution in [1.82, 2.24) is 4.90 Å². The van der Waals surface area contributed by atoms with Crippen molar-refractivity contribution in [2.75, 3.05) is 11.5 Å². The Labute approximate surface area is 79.9 Å². The van der Waals surface area contributed by atoms with E-state index in [4.69, 9.17) is 0 Å². The first-order valence-corrected chi connectivity index (χ1v) is 6.11. The molecule has 2 unspecified atom stereocenters. The topological polar surface area (TPSA) is 3.24 Å². The summed E-state index contributed by atoms with van der Waals surface area (Å²) in [5.74, 6) is 2.74. The second kappa shape index (κ2) is 2.91. The minimum Gasteiger partial charge on any atom is -0.291 e. The number of hydrogen-bond donors (Lipinski definition) is 0. The molecule has 70 valence electrons. The van der Waals surface area contributed by atoms with Crippen LogP contribution in [0.3, 0.4) is 0 Å². The smallest absolute Gasteiger partial charge is 0.0195 e. The van der Waals surface area contributed by atoms with Gasteiger partial charge in [0.2, 0.25) is 0 Å². The van der Waals surface area contributed by atoms with E-state index in [9.17, 15) is 0 Å². The molecule has 0 aliphatic carbocycles. The molecule has 0 N–H and O–H groups in total. The summed E-state index contributed by atoms with van der Waals surface area (Å²) in [5.41, 5.74) is 0.396. The molecule has 2 fully saturated rings. The summed E-state index contributed by atoms with van der Waals surface area (Å²) in [4.78, 5) is 2.75. The maximum atomic E-state index is 2.75. The van der Waals surface area contributed by atoms with E-state index in [1.165, 1.54) is 24.3 Å². The first-order chi connectivity index (χ1) is 5.59. The van der Waals surface area contributed by atoms with Crippen molar-refractivity contribution in [2.45, 2.75) is 51.2 Å². The zero-order chi connectivity index (χ0) is 8.77. The summed E-state index contributed by atoms with van der Waals surface area (Å²) in [7, 11) is 0. The minimum atomic E-state index is 0.396. The predicted molar refractivity (Wildman–Crippen MR) is 55.7 cm³/mol. The van der Waals surface area contributed by atoms with E-state index in [-0.39, 0.29) is 0 Å². The molecule has 0 radical (unpaired) electrons. The molecule has 0 spiro atoms. The van der Waals surface area contributed by atoms with E-state index in [2.05, 4.69) is 37.4 Å². The average molecular weight is 185 g/mol. The highest BCUT2D eigenvalue weighted by molar-refractivity contribution is 7.99. The van der Waals surface area contributed by atoms with Gasteiger partial charge in [-0.2, -0.15) is 11.8 Å². The van der Waals surface area contributed by atoms with E-state index in [1.54, 1.807) is 0 Å². The van der Waals surface area contributed by atoms with Crippen molar-refractivity contribution in [1.29, 1.82) is 0 Å². The lowest BCUT2D eigenvalue weighted by Gasteiger charge is -2.44. The van der Waals surface area contributed by atoms with Crippen molar-refractivity contribution >= 4 is 11.8 Å². The van der Waals surface area contributed by atoms with Gasteiger partial charge in [0, 0.05) is 29.1 Å². The van der Waals surface area contributed by atoms with Gasteiger partial charge in [-0.3, -0.25) is 4.90 Å². The molecular weight excluding hydrogens is 166 g/mol. The first kappa shape index (κ1) is 8.89. The van der Waals surface area contributed by atoms with Gasteiger partial charge < -0.3 is 0 Å². The normalized spacial score (nSPS) is 37.2. The number of fused-ring (bicyclic) bond motifs is 2. The fraction of sp³-hybridized carbons (Fsp3) is 1.00. The maximum absolute atomic E-state index is 2.75. The lowest BCUT2D eigenvalue weighted by molar-refractivity contribution is 0.0906. The van der Waals surface area contributed by atoms with Crippen molar-refractivity contribution in [2.24, 2.45) is 0 Å². The van der Waals surface area contributed by atoms with Gasteiger partial charge >= 0.3 is 0 Å². The van der Waals surface area contributed by atoms with Gasteiger partial charge in [-0.25, -0.2) is 0 Å². The molecule has 0 aromatic carbocycles. The Kier molecular flexibility index (Phi) is 2.16. The Morgan fingerprint density at radius 2 is 1.58 bits per heavy atom. The number of nitrogens with zero attached hydrogens (tertiary/aromatic N) is 1. The Morgan fingerprint density at radius 1 is 1.08 bits per heavy atom. The van der Waals surface area contributed by atoms with Gasteiger partial charge in [-0.1, -0.05) is 0 Å². The fourth-order valence-corrected chi connectivity index (χ4v) is 4.06. The summed E-state index contributed by atoms with van der Waals surface area (Å²) in [6.45, 7) is 7.07. The molecule has 12 heavy (non-hydrogen) atoms. The van der Waals surface area contributed by atoms with Gasteiger partial charge in [0.05, 0.1) is 0 Å². The molecule has 2 saturated heterocycles. The van der Waals surface area contributed by atoms with Crippen LogP contribution in [0.25, 0.3) is 0 Å². The van der Waals surface area contributed by atoms with E-state index < -0.39 is 0 Å². The number of hydrogen-bond acceptors (Lipinski definition) is 2. The second-order valence-electron chi connectivity index (χ2n) is 5.00. The molecule has 2 heterocycles. The average Bonchev–Trinajstić information content (AvgIpc) is 2.23. The van der Waals surface area contributed by atoms with Gasteiger partial charge in [-0.05, 0) is 33.6 Å². The summed E-state index contributed by atoms with van der Waals surface area (Å²) >= 11 is 2.15. The van der Waals surface area contributed by atoms with Crippen LogP contribution in [-0.4, -0.2) is 34.0 Å². The van der Waals surface area contributed by atoms with Crippen molar-refractivity contribution in [3.8, 4) is 0 Å². The summed E-state index contributed by atoms with van der Waals surface area (Å²) < 4.78 is 0. The SMILES string of the molecule is CC(C)(C)N1C2CCC1CSC2. The largest absolute Gasteiger partial charge is 0.291 e. The number of thioether (sulfide) groups is 1.